The van der Waals surface area contributed by atoms with E-state index >= 15 is 0 Å². The topological polar surface area (TPSA) is 41.1 Å². The van der Waals surface area contributed by atoms with E-state index in [1.807, 2.05) is 13.8 Å². The molecule has 0 atom stereocenters. The fourth-order valence-electron chi connectivity index (χ4n) is 1.42. The number of hydrogen-bond acceptors (Lipinski definition) is 2. The van der Waals surface area contributed by atoms with E-state index in [4.69, 9.17) is 0 Å². The Morgan fingerprint density at radius 2 is 2.19 bits per heavy atom. The number of anilines is 1. The molecule has 1 aromatic carbocycles. The average molecular weight is 224 g/mol. The molecule has 0 aliphatic carbocycles. The van der Waals surface area contributed by atoms with Crippen molar-refractivity contribution < 1.29 is 9.18 Å². The van der Waals surface area contributed by atoms with Crippen LogP contribution in [-0.4, -0.2) is 19.0 Å². The normalized spacial score (nSPS) is 9.94. The highest BCUT2D eigenvalue weighted by atomic mass is 19.1. The van der Waals surface area contributed by atoms with Gasteiger partial charge in [-0.2, -0.15) is 0 Å². The second-order valence-electron chi connectivity index (χ2n) is 3.59. The maximum atomic E-state index is 12.8. The first kappa shape index (κ1) is 12.5. The molecule has 3 nitrogen and oxygen atoms in total. The Kier molecular flexibility index (Phi) is 4.76. The van der Waals surface area contributed by atoms with Crippen molar-refractivity contribution in [1.82, 2.24) is 5.32 Å². The van der Waals surface area contributed by atoms with Crippen LogP contribution in [0.15, 0.2) is 18.2 Å². The second-order valence-corrected chi connectivity index (χ2v) is 3.59. The van der Waals surface area contributed by atoms with Gasteiger partial charge in [0.15, 0.2) is 0 Å². The molecule has 1 aromatic rings. The van der Waals surface area contributed by atoms with Gasteiger partial charge in [0, 0.05) is 25.2 Å². The molecule has 0 aliphatic heterocycles. The predicted octanol–water partition coefficient (Wildman–Crippen LogP) is 2.07. The van der Waals surface area contributed by atoms with Gasteiger partial charge in [-0.25, -0.2) is 4.39 Å². The van der Waals surface area contributed by atoms with Crippen molar-refractivity contribution in [1.29, 1.82) is 0 Å². The zero-order valence-electron chi connectivity index (χ0n) is 9.64. The summed E-state index contributed by atoms with van der Waals surface area (Å²) in [6.07, 6.45) is 0.421. The third kappa shape index (κ3) is 3.88. The summed E-state index contributed by atoms with van der Waals surface area (Å²) < 4.78 is 12.8. The van der Waals surface area contributed by atoms with Crippen LogP contribution in [-0.2, 0) is 4.79 Å². The second kappa shape index (κ2) is 6.10. The van der Waals surface area contributed by atoms with Gasteiger partial charge in [-0.15, -0.1) is 0 Å². The summed E-state index contributed by atoms with van der Waals surface area (Å²) in [5.41, 5.74) is 1.71. The van der Waals surface area contributed by atoms with Crippen molar-refractivity contribution in [3.05, 3.63) is 29.6 Å². The third-order valence-corrected chi connectivity index (χ3v) is 2.23. The molecule has 16 heavy (non-hydrogen) atoms. The number of carbonyl (C=O) groups excluding carboxylic acids is 1. The molecule has 4 heteroatoms. The van der Waals surface area contributed by atoms with Crippen molar-refractivity contribution in [3.8, 4) is 0 Å². The first-order chi connectivity index (χ1) is 7.63. The van der Waals surface area contributed by atoms with E-state index in [1.54, 1.807) is 6.07 Å². The lowest BCUT2D eigenvalue weighted by Gasteiger charge is -2.09. The molecule has 1 rings (SSSR count). The van der Waals surface area contributed by atoms with Crippen LogP contribution in [0.25, 0.3) is 0 Å². The minimum Gasteiger partial charge on any atom is -0.384 e. The third-order valence-electron chi connectivity index (χ3n) is 2.23. The Morgan fingerprint density at radius 3 is 2.81 bits per heavy atom. The maximum Gasteiger partial charge on any atom is 0.221 e. The molecule has 0 fully saturated rings. The van der Waals surface area contributed by atoms with Gasteiger partial charge < -0.3 is 10.6 Å². The lowest BCUT2D eigenvalue weighted by Crippen LogP contribution is -2.24. The minimum atomic E-state index is -0.244. The standard InChI is InChI=1S/C12H17FN2O/c1-3-14-12(16)6-7-15-11-5-4-10(13)8-9(11)2/h4-5,8,15H,3,6-7H2,1-2H3,(H,14,16). The lowest BCUT2D eigenvalue weighted by atomic mass is 10.2. The van der Waals surface area contributed by atoms with Gasteiger partial charge in [-0.1, -0.05) is 0 Å². The molecule has 1 amide bonds. The van der Waals surface area contributed by atoms with Crippen LogP contribution < -0.4 is 10.6 Å². The zero-order valence-corrected chi connectivity index (χ0v) is 9.64. The van der Waals surface area contributed by atoms with Crippen LogP contribution in [0.1, 0.15) is 18.9 Å². The Morgan fingerprint density at radius 1 is 1.44 bits per heavy atom. The SMILES string of the molecule is CCNC(=O)CCNc1ccc(F)cc1C. The van der Waals surface area contributed by atoms with Crippen molar-refractivity contribution >= 4 is 11.6 Å². The van der Waals surface area contributed by atoms with Crippen LogP contribution in [0.5, 0.6) is 0 Å². The highest BCUT2D eigenvalue weighted by molar-refractivity contribution is 5.76. The Hall–Kier alpha value is -1.58. The van der Waals surface area contributed by atoms with Gasteiger partial charge in [0.2, 0.25) is 5.91 Å². The zero-order chi connectivity index (χ0) is 12.0. The van der Waals surface area contributed by atoms with E-state index in [9.17, 15) is 9.18 Å². The van der Waals surface area contributed by atoms with Gasteiger partial charge in [0.25, 0.3) is 0 Å². The van der Waals surface area contributed by atoms with Crippen molar-refractivity contribution in [3.63, 3.8) is 0 Å². The number of nitrogens with one attached hydrogen (secondary N) is 2. The highest BCUT2D eigenvalue weighted by Crippen LogP contribution is 2.15. The lowest BCUT2D eigenvalue weighted by molar-refractivity contribution is -0.120. The van der Waals surface area contributed by atoms with Crippen LogP contribution >= 0.6 is 0 Å². The monoisotopic (exact) mass is 224 g/mol. The summed E-state index contributed by atoms with van der Waals surface area (Å²) in [6.45, 7) is 4.92. The molecule has 2 N–H and O–H groups in total. The first-order valence-corrected chi connectivity index (χ1v) is 5.40. The molecule has 0 spiro atoms. The molecular formula is C12H17FN2O. The quantitative estimate of drug-likeness (QED) is 0.804. The van der Waals surface area contributed by atoms with Gasteiger partial charge in [-0.05, 0) is 37.6 Å². The minimum absolute atomic E-state index is 0.0229. The average Bonchev–Trinajstić information content (AvgIpc) is 2.22. The number of amides is 1. The van der Waals surface area contributed by atoms with Crippen LogP contribution in [0.2, 0.25) is 0 Å². The molecule has 0 heterocycles. The summed E-state index contributed by atoms with van der Waals surface area (Å²) in [7, 11) is 0. The van der Waals surface area contributed by atoms with Gasteiger partial charge >= 0.3 is 0 Å². The number of rotatable bonds is 5. The molecule has 0 radical (unpaired) electrons. The van der Waals surface area contributed by atoms with E-state index in [0.717, 1.165) is 11.3 Å². The fourth-order valence-corrected chi connectivity index (χ4v) is 1.42. The largest absolute Gasteiger partial charge is 0.384 e. The fraction of sp³-hybridized carbons (Fsp3) is 0.417. The number of benzene rings is 1. The van der Waals surface area contributed by atoms with E-state index < -0.39 is 0 Å². The van der Waals surface area contributed by atoms with E-state index in [2.05, 4.69) is 10.6 Å². The summed E-state index contributed by atoms with van der Waals surface area (Å²) >= 11 is 0. The number of hydrogen-bond donors (Lipinski definition) is 2. The summed E-state index contributed by atoms with van der Waals surface area (Å²) in [5.74, 6) is -0.221. The van der Waals surface area contributed by atoms with Gasteiger partial charge in [0.1, 0.15) is 5.82 Å². The van der Waals surface area contributed by atoms with Crippen LogP contribution in [0.4, 0.5) is 10.1 Å². The summed E-state index contributed by atoms with van der Waals surface area (Å²) in [5, 5.41) is 5.82. The maximum absolute atomic E-state index is 12.8. The summed E-state index contributed by atoms with van der Waals surface area (Å²) in [6, 6.07) is 4.55. The molecular weight excluding hydrogens is 207 g/mol. The molecule has 0 saturated carbocycles. The summed E-state index contributed by atoms with van der Waals surface area (Å²) in [4.78, 5) is 11.2. The molecule has 0 unspecified atom stereocenters. The predicted molar refractivity (Wildman–Crippen MR) is 62.9 cm³/mol. The Labute approximate surface area is 95.0 Å². The van der Waals surface area contributed by atoms with E-state index in [-0.39, 0.29) is 11.7 Å². The molecule has 0 aromatic heterocycles. The number of carbonyl (C=O) groups is 1. The number of aryl methyl sites for hydroxylation is 1. The number of halogens is 1. The molecule has 0 aliphatic rings. The van der Waals surface area contributed by atoms with Gasteiger partial charge in [0.05, 0.1) is 0 Å². The van der Waals surface area contributed by atoms with Crippen molar-refractivity contribution in [2.45, 2.75) is 20.3 Å². The van der Waals surface area contributed by atoms with Crippen molar-refractivity contribution in [2.75, 3.05) is 18.4 Å². The Balaban J connectivity index is 2.40. The molecule has 0 saturated heterocycles. The van der Waals surface area contributed by atoms with Gasteiger partial charge in [-0.3, -0.25) is 4.79 Å². The van der Waals surface area contributed by atoms with E-state index in [1.165, 1.54) is 12.1 Å². The van der Waals surface area contributed by atoms with Crippen molar-refractivity contribution in [2.24, 2.45) is 0 Å². The smallest absolute Gasteiger partial charge is 0.221 e. The Bertz CT molecular complexity index is 366. The van der Waals surface area contributed by atoms with Crippen LogP contribution in [0, 0.1) is 12.7 Å². The van der Waals surface area contributed by atoms with Crippen LogP contribution in [0.3, 0.4) is 0 Å². The molecule has 88 valence electrons. The molecule has 0 bridgehead atoms. The first-order valence-electron chi connectivity index (χ1n) is 5.40. The van der Waals surface area contributed by atoms with E-state index in [0.29, 0.717) is 19.5 Å². The highest BCUT2D eigenvalue weighted by Gasteiger charge is 2.01.